The van der Waals surface area contributed by atoms with Gasteiger partial charge in [-0.2, -0.15) is 0 Å². The zero-order valence-electron chi connectivity index (χ0n) is 18.0. The summed E-state index contributed by atoms with van der Waals surface area (Å²) in [5, 5.41) is 4.62. The first-order valence-corrected chi connectivity index (χ1v) is 11.0. The van der Waals surface area contributed by atoms with Gasteiger partial charge in [0.25, 0.3) is 5.56 Å². The van der Waals surface area contributed by atoms with E-state index in [2.05, 4.69) is 5.32 Å². The van der Waals surface area contributed by atoms with Crippen LogP contribution in [0.15, 0.2) is 63.5 Å². The van der Waals surface area contributed by atoms with E-state index < -0.39 is 5.69 Å². The molecular formula is C24H23N3O4S. The third-order valence-corrected chi connectivity index (χ3v) is 6.16. The number of benzene rings is 2. The number of rotatable bonds is 6. The van der Waals surface area contributed by atoms with E-state index in [4.69, 9.17) is 4.74 Å². The molecule has 4 rings (SSSR count). The Balaban J connectivity index is 1.71. The number of carbonyl (C=O) groups excluding carboxylic acids is 1. The summed E-state index contributed by atoms with van der Waals surface area (Å²) in [5.74, 6) is 0.305. The van der Waals surface area contributed by atoms with Gasteiger partial charge in [0.1, 0.15) is 17.0 Å². The molecule has 0 aliphatic carbocycles. The normalized spacial score (nSPS) is 11.0. The maximum Gasteiger partial charge on any atom is 0.332 e. The summed E-state index contributed by atoms with van der Waals surface area (Å²) in [7, 11) is 1.56. The van der Waals surface area contributed by atoms with Crippen LogP contribution in [0.4, 0.5) is 5.69 Å². The highest BCUT2D eigenvalue weighted by Crippen LogP contribution is 2.18. The number of nitrogens with zero attached hydrogens (tertiary/aromatic N) is 2. The Kier molecular flexibility index (Phi) is 5.96. The van der Waals surface area contributed by atoms with Gasteiger partial charge in [-0.3, -0.25) is 18.7 Å². The van der Waals surface area contributed by atoms with Gasteiger partial charge in [-0.05, 0) is 54.6 Å². The summed E-state index contributed by atoms with van der Waals surface area (Å²) in [4.78, 5) is 39.1. The van der Waals surface area contributed by atoms with Crippen molar-refractivity contribution in [3.63, 3.8) is 0 Å². The molecule has 0 bridgehead atoms. The second kappa shape index (κ2) is 8.84. The number of fused-ring (bicyclic) bond motifs is 1. The van der Waals surface area contributed by atoms with Crippen LogP contribution in [0.2, 0.25) is 0 Å². The number of nitrogens with one attached hydrogen (secondary N) is 1. The fourth-order valence-corrected chi connectivity index (χ4v) is 4.51. The summed E-state index contributed by atoms with van der Waals surface area (Å²) in [6, 6.07) is 14.6. The number of ether oxygens (including phenoxy) is 1. The van der Waals surface area contributed by atoms with Crippen molar-refractivity contribution in [1.29, 1.82) is 0 Å². The zero-order valence-corrected chi connectivity index (χ0v) is 18.9. The summed E-state index contributed by atoms with van der Waals surface area (Å²) >= 11 is 1.25. The maximum absolute atomic E-state index is 13.3. The van der Waals surface area contributed by atoms with Crippen molar-refractivity contribution in [2.45, 2.75) is 26.9 Å². The monoisotopic (exact) mass is 449 g/mol. The lowest BCUT2D eigenvalue weighted by atomic mass is 10.1. The molecule has 0 saturated heterocycles. The number of aromatic nitrogens is 2. The number of hydrogen-bond acceptors (Lipinski definition) is 5. The van der Waals surface area contributed by atoms with Crippen LogP contribution in [0, 0.1) is 13.8 Å². The van der Waals surface area contributed by atoms with Crippen molar-refractivity contribution in [2.24, 2.45) is 0 Å². The lowest BCUT2D eigenvalue weighted by Gasteiger charge is -2.14. The summed E-state index contributed by atoms with van der Waals surface area (Å²) in [6.07, 6.45) is 0. The Morgan fingerprint density at radius 3 is 2.62 bits per heavy atom. The number of amides is 1. The van der Waals surface area contributed by atoms with Crippen molar-refractivity contribution in [3.05, 3.63) is 91.4 Å². The quantitative estimate of drug-likeness (QED) is 0.488. The molecule has 0 saturated carbocycles. The molecular weight excluding hydrogens is 426 g/mol. The second-order valence-electron chi connectivity index (χ2n) is 7.61. The number of hydrogen-bond donors (Lipinski definition) is 1. The number of anilines is 1. The molecule has 0 fully saturated rings. The van der Waals surface area contributed by atoms with Gasteiger partial charge < -0.3 is 10.1 Å². The lowest BCUT2D eigenvalue weighted by Crippen LogP contribution is -2.41. The molecule has 164 valence electrons. The molecule has 0 aliphatic rings. The van der Waals surface area contributed by atoms with Crippen LogP contribution in [0.1, 0.15) is 16.7 Å². The number of aryl methyl sites for hydroxylation is 2. The highest BCUT2D eigenvalue weighted by Gasteiger charge is 2.17. The smallest absolute Gasteiger partial charge is 0.332 e. The molecule has 0 radical (unpaired) electrons. The average Bonchev–Trinajstić information content (AvgIpc) is 3.26. The van der Waals surface area contributed by atoms with Crippen LogP contribution in [-0.2, 0) is 17.9 Å². The van der Waals surface area contributed by atoms with Crippen LogP contribution < -0.4 is 21.3 Å². The van der Waals surface area contributed by atoms with Gasteiger partial charge in [0.05, 0.1) is 19.2 Å². The lowest BCUT2D eigenvalue weighted by molar-refractivity contribution is -0.116. The van der Waals surface area contributed by atoms with E-state index in [1.165, 1.54) is 15.9 Å². The molecule has 2 aromatic heterocycles. The van der Waals surface area contributed by atoms with E-state index in [9.17, 15) is 14.4 Å². The van der Waals surface area contributed by atoms with Crippen molar-refractivity contribution in [3.8, 4) is 5.75 Å². The Hall–Kier alpha value is -3.65. The standard InChI is InChI=1S/C24H23N3O4S/c1-15-7-8-19(16(2)11-15)25-21(28)14-26-20-9-10-32-22(20)23(29)27(24(26)30)13-17-5-4-6-18(12-17)31-3/h4-12H,13-14H2,1-3H3,(H,25,28). The van der Waals surface area contributed by atoms with E-state index in [1.54, 1.807) is 36.8 Å². The number of methoxy groups -OCH3 is 1. The molecule has 1 N–H and O–H groups in total. The predicted octanol–water partition coefficient (Wildman–Crippen LogP) is 3.54. The van der Waals surface area contributed by atoms with Gasteiger partial charge in [-0.25, -0.2) is 4.79 Å². The molecule has 0 spiro atoms. The fourth-order valence-electron chi connectivity index (χ4n) is 3.67. The van der Waals surface area contributed by atoms with Gasteiger partial charge in [0.2, 0.25) is 5.91 Å². The molecule has 4 aromatic rings. The minimum atomic E-state index is -0.528. The van der Waals surface area contributed by atoms with Gasteiger partial charge in [-0.15, -0.1) is 11.3 Å². The van der Waals surface area contributed by atoms with Crippen molar-refractivity contribution < 1.29 is 9.53 Å². The Labute approximate surface area is 188 Å². The van der Waals surface area contributed by atoms with Gasteiger partial charge in [0, 0.05) is 5.69 Å². The van der Waals surface area contributed by atoms with Crippen LogP contribution >= 0.6 is 11.3 Å². The van der Waals surface area contributed by atoms with E-state index in [-0.39, 0.29) is 24.6 Å². The molecule has 2 heterocycles. The SMILES string of the molecule is COc1cccc(Cn2c(=O)c3sccc3n(CC(=O)Nc3ccc(C)cc3C)c2=O)c1. The topological polar surface area (TPSA) is 82.3 Å². The third kappa shape index (κ3) is 4.22. The Morgan fingerprint density at radius 2 is 1.88 bits per heavy atom. The van der Waals surface area contributed by atoms with E-state index >= 15 is 0 Å². The van der Waals surface area contributed by atoms with E-state index in [0.717, 1.165) is 21.3 Å². The molecule has 0 unspecified atom stereocenters. The number of thiophene rings is 1. The first-order valence-electron chi connectivity index (χ1n) is 10.1. The van der Waals surface area contributed by atoms with Crippen LogP contribution in [0.25, 0.3) is 10.2 Å². The number of carbonyl (C=O) groups is 1. The largest absolute Gasteiger partial charge is 0.497 e. The fraction of sp³-hybridized carbons (Fsp3) is 0.208. The minimum Gasteiger partial charge on any atom is -0.497 e. The molecule has 0 atom stereocenters. The second-order valence-corrected chi connectivity index (χ2v) is 8.53. The summed E-state index contributed by atoms with van der Waals surface area (Å²) in [5.41, 5.74) is 3.05. The predicted molar refractivity (Wildman–Crippen MR) is 127 cm³/mol. The van der Waals surface area contributed by atoms with E-state index in [0.29, 0.717) is 21.7 Å². The average molecular weight is 450 g/mol. The van der Waals surface area contributed by atoms with Crippen molar-refractivity contribution in [2.75, 3.05) is 12.4 Å². The molecule has 7 nitrogen and oxygen atoms in total. The highest BCUT2D eigenvalue weighted by atomic mass is 32.1. The molecule has 8 heteroatoms. The maximum atomic E-state index is 13.3. The molecule has 2 aromatic carbocycles. The zero-order chi connectivity index (χ0) is 22.8. The minimum absolute atomic E-state index is 0.0847. The van der Waals surface area contributed by atoms with Gasteiger partial charge >= 0.3 is 5.69 Å². The highest BCUT2D eigenvalue weighted by molar-refractivity contribution is 7.17. The molecule has 0 aliphatic heterocycles. The molecule has 1 amide bonds. The van der Waals surface area contributed by atoms with Gasteiger partial charge in [0.15, 0.2) is 0 Å². The van der Waals surface area contributed by atoms with Crippen LogP contribution in [0.3, 0.4) is 0 Å². The first-order chi connectivity index (χ1) is 15.4. The molecule has 32 heavy (non-hydrogen) atoms. The summed E-state index contributed by atoms with van der Waals surface area (Å²) < 4.78 is 8.19. The summed E-state index contributed by atoms with van der Waals surface area (Å²) in [6.45, 7) is 3.79. The van der Waals surface area contributed by atoms with Crippen molar-refractivity contribution >= 4 is 33.1 Å². The Bertz CT molecular complexity index is 1430. The van der Waals surface area contributed by atoms with E-state index in [1.807, 2.05) is 38.1 Å². The van der Waals surface area contributed by atoms with Crippen LogP contribution in [0.5, 0.6) is 5.75 Å². The van der Waals surface area contributed by atoms with Crippen LogP contribution in [-0.4, -0.2) is 22.2 Å². The van der Waals surface area contributed by atoms with Crippen molar-refractivity contribution in [1.82, 2.24) is 9.13 Å². The Morgan fingerprint density at radius 1 is 1.06 bits per heavy atom. The van der Waals surface area contributed by atoms with Gasteiger partial charge in [-0.1, -0.05) is 29.8 Å². The first kappa shape index (κ1) is 21.6. The third-order valence-electron chi connectivity index (χ3n) is 5.27.